The van der Waals surface area contributed by atoms with E-state index in [1.165, 1.54) is 0 Å². The first kappa shape index (κ1) is 10.9. The van der Waals surface area contributed by atoms with Gasteiger partial charge in [0.25, 0.3) is 5.91 Å². The summed E-state index contributed by atoms with van der Waals surface area (Å²) in [5.41, 5.74) is 6.26. The molecule has 0 aliphatic heterocycles. The van der Waals surface area contributed by atoms with Gasteiger partial charge in [0.05, 0.1) is 0 Å². The first-order valence-corrected chi connectivity index (χ1v) is 4.04. The van der Waals surface area contributed by atoms with Crippen LogP contribution in [-0.2, 0) is 0 Å². The molecule has 0 radical (unpaired) electrons. The van der Waals surface area contributed by atoms with Crippen molar-refractivity contribution in [2.45, 2.75) is 25.4 Å². The second-order valence-corrected chi connectivity index (χ2v) is 3.18. The van der Waals surface area contributed by atoms with Gasteiger partial charge in [-0.25, -0.2) is 4.63 Å². The van der Waals surface area contributed by atoms with Gasteiger partial charge in [-0.3, -0.25) is 4.79 Å². The van der Waals surface area contributed by atoms with Crippen molar-refractivity contribution in [1.82, 2.24) is 15.6 Å². The number of halogens is 1. The molecule has 1 heterocycles. The van der Waals surface area contributed by atoms with E-state index in [0.717, 1.165) is 6.42 Å². The zero-order valence-corrected chi connectivity index (χ0v) is 8.37. The van der Waals surface area contributed by atoms with Gasteiger partial charge in [0.2, 0.25) is 0 Å². The lowest BCUT2D eigenvalue weighted by atomic mass is 10.3. The highest BCUT2D eigenvalue weighted by Crippen LogP contribution is 2.18. The smallest absolute Gasteiger partial charge is 0.275 e. The van der Waals surface area contributed by atoms with Crippen LogP contribution in [0, 0.1) is 6.92 Å². The number of rotatable bonds is 2. The monoisotopic (exact) mass is 218 g/mol. The minimum atomic E-state index is -0.267. The average Bonchev–Trinajstić information content (AvgIpc) is 2.62. The topological polar surface area (TPSA) is 94.0 Å². The van der Waals surface area contributed by atoms with Crippen molar-refractivity contribution < 1.29 is 9.42 Å². The van der Waals surface area contributed by atoms with Crippen LogP contribution in [0.15, 0.2) is 4.63 Å². The highest BCUT2D eigenvalue weighted by Gasteiger charge is 2.35. The number of carbonyl (C=O) groups excluding carboxylic acids is 1. The average molecular weight is 219 g/mol. The van der Waals surface area contributed by atoms with Gasteiger partial charge in [0.15, 0.2) is 5.69 Å². The number of carbonyl (C=O) groups is 1. The first-order valence-electron chi connectivity index (χ1n) is 4.04. The van der Waals surface area contributed by atoms with Crippen molar-refractivity contribution >= 4 is 18.3 Å². The molecule has 1 saturated carbocycles. The Hall–Kier alpha value is -1.14. The van der Waals surface area contributed by atoms with Gasteiger partial charge in [-0.05, 0) is 18.5 Å². The minimum absolute atomic E-state index is 0. The normalized spacial score (nSPS) is 23.9. The lowest BCUT2D eigenvalue weighted by Crippen LogP contribution is -2.30. The van der Waals surface area contributed by atoms with Crippen molar-refractivity contribution in [2.24, 2.45) is 5.73 Å². The largest absolute Gasteiger partial charge is 0.346 e. The van der Waals surface area contributed by atoms with Crippen LogP contribution in [-0.4, -0.2) is 28.3 Å². The molecule has 2 atom stereocenters. The van der Waals surface area contributed by atoms with E-state index >= 15 is 0 Å². The fraction of sp³-hybridized carbons (Fsp3) is 0.571. The fourth-order valence-corrected chi connectivity index (χ4v) is 1.05. The van der Waals surface area contributed by atoms with E-state index in [9.17, 15) is 4.79 Å². The molecule has 0 aromatic carbocycles. The zero-order chi connectivity index (χ0) is 9.42. The summed E-state index contributed by atoms with van der Waals surface area (Å²) in [7, 11) is 0. The van der Waals surface area contributed by atoms with Crippen molar-refractivity contribution in [3.63, 3.8) is 0 Å². The van der Waals surface area contributed by atoms with E-state index < -0.39 is 0 Å². The van der Waals surface area contributed by atoms with Crippen LogP contribution in [0.2, 0.25) is 0 Å². The Labute approximate surface area is 86.6 Å². The summed E-state index contributed by atoms with van der Waals surface area (Å²) >= 11 is 0. The summed E-state index contributed by atoms with van der Waals surface area (Å²) in [6.45, 7) is 1.66. The Bertz CT molecular complexity index is 340. The Balaban J connectivity index is 0.000000980. The molecule has 78 valence electrons. The van der Waals surface area contributed by atoms with Crippen LogP contribution in [0.4, 0.5) is 0 Å². The number of hydrogen-bond acceptors (Lipinski definition) is 5. The first-order chi connectivity index (χ1) is 6.18. The molecule has 1 aliphatic carbocycles. The van der Waals surface area contributed by atoms with Crippen molar-refractivity contribution in [1.29, 1.82) is 0 Å². The van der Waals surface area contributed by atoms with E-state index in [1.807, 2.05) is 0 Å². The summed E-state index contributed by atoms with van der Waals surface area (Å²) in [6.07, 6.45) is 0.829. The van der Waals surface area contributed by atoms with Crippen LogP contribution in [0.3, 0.4) is 0 Å². The maximum atomic E-state index is 11.4. The van der Waals surface area contributed by atoms with Crippen LogP contribution < -0.4 is 11.1 Å². The quantitative estimate of drug-likeness (QED) is 0.706. The van der Waals surface area contributed by atoms with Gasteiger partial charge in [-0.15, -0.1) is 12.4 Å². The number of hydrogen-bond donors (Lipinski definition) is 2. The Morgan fingerprint density at radius 3 is 2.71 bits per heavy atom. The molecule has 2 unspecified atom stereocenters. The van der Waals surface area contributed by atoms with Crippen molar-refractivity contribution in [3.8, 4) is 0 Å². The number of nitrogens with zero attached hydrogens (tertiary/aromatic N) is 2. The van der Waals surface area contributed by atoms with Crippen molar-refractivity contribution in [2.75, 3.05) is 0 Å². The summed E-state index contributed by atoms with van der Waals surface area (Å²) in [6, 6.07) is 0.174. The third-order valence-electron chi connectivity index (χ3n) is 2.02. The predicted octanol–water partition coefficient (Wildman–Crippen LogP) is -0.371. The number of aryl methyl sites for hydroxylation is 1. The fourth-order valence-electron chi connectivity index (χ4n) is 1.05. The van der Waals surface area contributed by atoms with Gasteiger partial charge in [0, 0.05) is 12.1 Å². The molecule has 2 rings (SSSR count). The van der Waals surface area contributed by atoms with Gasteiger partial charge in [0.1, 0.15) is 5.69 Å². The molecule has 1 aliphatic rings. The molecular formula is C7H11ClN4O2. The predicted molar refractivity (Wildman–Crippen MR) is 50.1 cm³/mol. The van der Waals surface area contributed by atoms with E-state index in [2.05, 4.69) is 20.3 Å². The summed E-state index contributed by atoms with van der Waals surface area (Å²) in [5.74, 6) is -0.267. The van der Waals surface area contributed by atoms with E-state index in [-0.39, 0.29) is 36.1 Å². The second kappa shape index (κ2) is 3.93. The van der Waals surface area contributed by atoms with Gasteiger partial charge < -0.3 is 11.1 Å². The number of nitrogens with one attached hydrogen (secondary N) is 1. The SMILES string of the molecule is Cc1nonc1C(=O)NC1CC1N.Cl. The highest BCUT2D eigenvalue weighted by atomic mass is 35.5. The van der Waals surface area contributed by atoms with Crippen molar-refractivity contribution in [3.05, 3.63) is 11.4 Å². The molecule has 3 N–H and O–H groups in total. The molecule has 14 heavy (non-hydrogen) atoms. The highest BCUT2D eigenvalue weighted by molar-refractivity contribution is 5.93. The van der Waals surface area contributed by atoms with Crippen LogP contribution in [0.25, 0.3) is 0 Å². The molecule has 6 nitrogen and oxygen atoms in total. The van der Waals surface area contributed by atoms with E-state index in [1.54, 1.807) is 6.92 Å². The summed E-state index contributed by atoms with van der Waals surface area (Å²) in [4.78, 5) is 11.4. The molecule has 1 aromatic heterocycles. The standard InChI is InChI=1S/C7H10N4O2.ClH/c1-3-6(11-13-10-3)7(12)9-5-2-4(5)8;/h4-5H,2,8H2,1H3,(H,9,12);1H. The lowest BCUT2D eigenvalue weighted by molar-refractivity contribution is 0.0940. The number of nitrogens with two attached hydrogens (primary N) is 1. The molecule has 0 bridgehead atoms. The van der Waals surface area contributed by atoms with Gasteiger partial charge >= 0.3 is 0 Å². The maximum absolute atomic E-state index is 11.4. The Morgan fingerprint density at radius 1 is 1.64 bits per heavy atom. The second-order valence-electron chi connectivity index (χ2n) is 3.18. The molecule has 7 heteroatoms. The van der Waals surface area contributed by atoms with E-state index in [4.69, 9.17) is 5.73 Å². The molecule has 0 spiro atoms. The third-order valence-corrected chi connectivity index (χ3v) is 2.02. The number of amides is 1. The molecule has 1 fully saturated rings. The van der Waals surface area contributed by atoms with Gasteiger partial charge in [-0.1, -0.05) is 5.16 Å². The molecule has 1 aromatic rings. The lowest BCUT2D eigenvalue weighted by Gasteiger charge is -1.98. The van der Waals surface area contributed by atoms with Crippen LogP contribution in [0.5, 0.6) is 0 Å². The minimum Gasteiger partial charge on any atom is -0.346 e. The van der Waals surface area contributed by atoms with Gasteiger partial charge in [-0.2, -0.15) is 0 Å². The van der Waals surface area contributed by atoms with Crippen LogP contribution in [0.1, 0.15) is 22.6 Å². The summed E-state index contributed by atoms with van der Waals surface area (Å²) < 4.78 is 4.40. The molecular weight excluding hydrogens is 208 g/mol. The maximum Gasteiger partial charge on any atom is 0.275 e. The third kappa shape index (κ3) is 2.02. The summed E-state index contributed by atoms with van der Waals surface area (Å²) in [5, 5.41) is 9.71. The molecule has 0 saturated heterocycles. The molecule has 1 amide bonds. The zero-order valence-electron chi connectivity index (χ0n) is 7.56. The Morgan fingerprint density at radius 2 is 2.29 bits per heavy atom. The Kier molecular flexibility index (Phi) is 3.07. The number of aromatic nitrogens is 2. The van der Waals surface area contributed by atoms with E-state index in [0.29, 0.717) is 5.69 Å². The van der Waals surface area contributed by atoms with Crippen LogP contribution >= 0.6 is 12.4 Å².